The van der Waals surface area contributed by atoms with Gasteiger partial charge in [0.05, 0.1) is 17.3 Å². The number of oxazole rings is 1. The Morgan fingerprint density at radius 2 is 1.77 bits per heavy atom. The summed E-state index contributed by atoms with van der Waals surface area (Å²) in [4.78, 5) is 16.9. The lowest BCUT2D eigenvalue weighted by atomic mass is 10.2. The third-order valence-electron chi connectivity index (χ3n) is 3.67. The largest absolute Gasteiger partial charge is 0.444 e. The molecular formula is C17H11Cl2N5O2. The zero-order valence-corrected chi connectivity index (χ0v) is 14.7. The topological polar surface area (TPSA) is 78.7 Å². The van der Waals surface area contributed by atoms with Crippen LogP contribution in [0.2, 0.25) is 10.0 Å². The van der Waals surface area contributed by atoms with Gasteiger partial charge < -0.3 is 4.42 Å². The molecule has 0 fully saturated rings. The van der Waals surface area contributed by atoms with Crippen molar-refractivity contribution in [1.29, 1.82) is 0 Å². The number of halogens is 2. The van der Waals surface area contributed by atoms with Crippen molar-refractivity contribution in [1.82, 2.24) is 24.8 Å². The standard InChI is InChI=1S/C17H11Cl2N5O2/c18-12-7-5-11(6-8-12)16-20-13(10-26-16)9-23-17(25)24(22-21-23)15-4-2-1-3-14(15)19/h1-8,10H,9H2. The summed E-state index contributed by atoms with van der Waals surface area (Å²) in [7, 11) is 0. The van der Waals surface area contributed by atoms with Crippen molar-refractivity contribution in [2.75, 3.05) is 0 Å². The van der Waals surface area contributed by atoms with Crippen LogP contribution < -0.4 is 5.69 Å². The molecule has 0 aliphatic carbocycles. The number of hydrogen-bond acceptors (Lipinski definition) is 5. The van der Waals surface area contributed by atoms with Crippen molar-refractivity contribution in [3.05, 3.63) is 81.0 Å². The Hall–Kier alpha value is -2.90. The van der Waals surface area contributed by atoms with Crippen molar-refractivity contribution in [2.24, 2.45) is 0 Å². The van der Waals surface area contributed by atoms with E-state index in [2.05, 4.69) is 15.4 Å². The van der Waals surface area contributed by atoms with Crippen molar-refractivity contribution in [3.63, 3.8) is 0 Å². The van der Waals surface area contributed by atoms with Crippen LogP contribution in [0.5, 0.6) is 0 Å². The van der Waals surface area contributed by atoms with E-state index in [1.165, 1.54) is 10.9 Å². The molecule has 130 valence electrons. The van der Waals surface area contributed by atoms with Gasteiger partial charge in [0.15, 0.2) is 0 Å². The summed E-state index contributed by atoms with van der Waals surface area (Å²) in [5.74, 6) is 0.434. The van der Waals surface area contributed by atoms with Crippen LogP contribution in [0.25, 0.3) is 17.1 Å². The molecular weight excluding hydrogens is 377 g/mol. The highest BCUT2D eigenvalue weighted by Crippen LogP contribution is 2.21. The molecule has 2 aromatic heterocycles. The van der Waals surface area contributed by atoms with Crippen LogP contribution in [-0.2, 0) is 6.54 Å². The number of nitrogens with zero attached hydrogens (tertiary/aromatic N) is 5. The molecule has 0 saturated heterocycles. The summed E-state index contributed by atoms with van der Waals surface area (Å²) in [6.45, 7) is 0.125. The van der Waals surface area contributed by atoms with E-state index >= 15 is 0 Å². The van der Waals surface area contributed by atoms with Crippen LogP contribution in [0.15, 0.2) is 64.0 Å². The average Bonchev–Trinajstić information content (AvgIpc) is 3.24. The maximum absolute atomic E-state index is 12.5. The third-order valence-corrected chi connectivity index (χ3v) is 4.25. The monoisotopic (exact) mass is 387 g/mol. The molecule has 0 aliphatic rings. The first-order valence-electron chi connectivity index (χ1n) is 7.60. The molecule has 2 aromatic carbocycles. The molecule has 0 unspecified atom stereocenters. The molecule has 26 heavy (non-hydrogen) atoms. The van der Waals surface area contributed by atoms with Crippen LogP contribution in [0.3, 0.4) is 0 Å². The number of benzene rings is 2. The molecule has 2 heterocycles. The van der Waals surface area contributed by atoms with Crippen molar-refractivity contribution < 1.29 is 4.42 Å². The third kappa shape index (κ3) is 3.14. The summed E-state index contributed by atoms with van der Waals surface area (Å²) in [6.07, 6.45) is 1.48. The summed E-state index contributed by atoms with van der Waals surface area (Å²) in [5, 5.41) is 8.80. The van der Waals surface area contributed by atoms with E-state index < -0.39 is 5.69 Å². The zero-order chi connectivity index (χ0) is 18.1. The van der Waals surface area contributed by atoms with Crippen molar-refractivity contribution >= 4 is 23.2 Å². The van der Waals surface area contributed by atoms with E-state index in [0.717, 1.165) is 10.2 Å². The Bertz CT molecular complexity index is 1110. The maximum atomic E-state index is 12.5. The van der Waals surface area contributed by atoms with Gasteiger partial charge in [-0.1, -0.05) is 35.3 Å². The molecule has 4 rings (SSSR count). The molecule has 0 saturated carbocycles. The van der Waals surface area contributed by atoms with Gasteiger partial charge >= 0.3 is 5.69 Å². The fraction of sp³-hybridized carbons (Fsp3) is 0.0588. The fourth-order valence-corrected chi connectivity index (χ4v) is 2.75. The molecule has 0 radical (unpaired) electrons. The predicted molar refractivity (Wildman–Crippen MR) is 96.7 cm³/mol. The van der Waals surface area contributed by atoms with E-state index in [9.17, 15) is 4.79 Å². The van der Waals surface area contributed by atoms with Gasteiger partial charge in [0.25, 0.3) is 0 Å². The van der Waals surface area contributed by atoms with Gasteiger partial charge in [0.2, 0.25) is 5.89 Å². The Morgan fingerprint density at radius 1 is 1.00 bits per heavy atom. The highest BCUT2D eigenvalue weighted by molar-refractivity contribution is 6.32. The van der Waals surface area contributed by atoms with E-state index in [4.69, 9.17) is 27.6 Å². The molecule has 0 aliphatic heterocycles. The Balaban J connectivity index is 1.60. The second-order valence-corrected chi connectivity index (χ2v) is 6.28. The predicted octanol–water partition coefficient (Wildman–Crippen LogP) is 3.44. The lowest BCUT2D eigenvalue weighted by Crippen LogP contribution is -2.25. The van der Waals surface area contributed by atoms with E-state index in [1.54, 1.807) is 48.5 Å². The molecule has 4 aromatic rings. The summed E-state index contributed by atoms with van der Waals surface area (Å²) >= 11 is 12.0. The van der Waals surface area contributed by atoms with E-state index in [-0.39, 0.29) is 6.54 Å². The second kappa shape index (κ2) is 6.78. The minimum Gasteiger partial charge on any atom is -0.444 e. The number of aromatic nitrogens is 5. The number of rotatable bonds is 4. The molecule has 7 nitrogen and oxygen atoms in total. The lowest BCUT2D eigenvalue weighted by Gasteiger charge is -2.00. The summed E-state index contributed by atoms with van der Waals surface area (Å²) in [6, 6.07) is 14.0. The Labute approximate surface area is 157 Å². The first kappa shape index (κ1) is 16.6. The summed E-state index contributed by atoms with van der Waals surface area (Å²) < 4.78 is 7.80. The highest BCUT2D eigenvalue weighted by atomic mass is 35.5. The number of tetrazole rings is 1. The van der Waals surface area contributed by atoms with Crippen LogP contribution in [0.4, 0.5) is 0 Å². The van der Waals surface area contributed by atoms with Gasteiger partial charge in [-0.2, -0.15) is 9.36 Å². The van der Waals surface area contributed by atoms with Gasteiger partial charge in [-0.25, -0.2) is 9.78 Å². The quantitative estimate of drug-likeness (QED) is 0.535. The SMILES string of the molecule is O=c1n(Cc2coc(-c3ccc(Cl)cc3)n2)nnn1-c1ccccc1Cl. The molecule has 0 bridgehead atoms. The number of para-hydroxylation sites is 1. The van der Waals surface area contributed by atoms with Gasteiger partial charge in [0, 0.05) is 10.6 Å². The normalized spacial score (nSPS) is 11.0. The highest BCUT2D eigenvalue weighted by Gasteiger charge is 2.14. The van der Waals surface area contributed by atoms with Crippen LogP contribution >= 0.6 is 23.2 Å². The molecule has 0 N–H and O–H groups in total. The van der Waals surface area contributed by atoms with Crippen LogP contribution in [0, 0.1) is 0 Å². The number of hydrogen-bond donors (Lipinski definition) is 0. The van der Waals surface area contributed by atoms with E-state index in [1.807, 2.05) is 0 Å². The van der Waals surface area contributed by atoms with Gasteiger partial charge in [-0.05, 0) is 46.8 Å². The molecule has 0 spiro atoms. The Kier molecular flexibility index (Phi) is 4.32. The first-order valence-corrected chi connectivity index (χ1v) is 8.35. The lowest BCUT2D eigenvalue weighted by molar-refractivity contribution is 0.567. The van der Waals surface area contributed by atoms with Gasteiger partial charge in [-0.3, -0.25) is 0 Å². The smallest absolute Gasteiger partial charge is 0.368 e. The minimum absolute atomic E-state index is 0.125. The van der Waals surface area contributed by atoms with Crippen molar-refractivity contribution in [3.8, 4) is 17.1 Å². The minimum atomic E-state index is -0.422. The zero-order valence-electron chi connectivity index (χ0n) is 13.2. The Morgan fingerprint density at radius 3 is 2.54 bits per heavy atom. The van der Waals surface area contributed by atoms with Gasteiger partial charge in [-0.15, -0.1) is 0 Å². The van der Waals surface area contributed by atoms with Crippen molar-refractivity contribution in [2.45, 2.75) is 6.54 Å². The average molecular weight is 388 g/mol. The summed E-state index contributed by atoms with van der Waals surface area (Å²) in [5.41, 5.74) is 1.37. The van der Waals surface area contributed by atoms with E-state index in [0.29, 0.717) is 27.3 Å². The maximum Gasteiger partial charge on any atom is 0.368 e. The molecule has 0 atom stereocenters. The van der Waals surface area contributed by atoms with Crippen LogP contribution in [0.1, 0.15) is 5.69 Å². The molecule has 0 amide bonds. The van der Waals surface area contributed by atoms with Crippen LogP contribution in [-0.4, -0.2) is 24.8 Å². The molecule has 9 heteroatoms. The second-order valence-electron chi connectivity index (χ2n) is 5.43. The first-order chi connectivity index (χ1) is 12.6. The van der Waals surface area contributed by atoms with Gasteiger partial charge in [0.1, 0.15) is 12.0 Å². The fourth-order valence-electron chi connectivity index (χ4n) is 2.41.